The summed E-state index contributed by atoms with van der Waals surface area (Å²) in [6, 6.07) is 4.23. The van der Waals surface area contributed by atoms with Gasteiger partial charge in [-0.3, -0.25) is 14.4 Å². The molecule has 1 fully saturated rings. The smallest absolute Gasteiger partial charge is 0.305 e. The molecule has 0 radical (unpaired) electrons. The molecule has 1 aliphatic heterocycles. The fourth-order valence-corrected chi connectivity index (χ4v) is 2.79. The average Bonchev–Trinajstić information content (AvgIpc) is 3.09. The Kier molecular flexibility index (Phi) is 6.35. The standard InChI is InChI=1S/C17H23N3O5/c18-13(9-11-3-5-12(21)6-4-11)16(24)19-14(10-15(22)23)17(25)20-7-1-2-8-20/h3-6,13-14,21H,1-2,7-10,18H2,(H,19,24)(H,22,23)/t13-,14-/m0/s1. The van der Waals surface area contributed by atoms with Gasteiger partial charge in [0.05, 0.1) is 12.5 Å². The first-order valence-electron chi connectivity index (χ1n) is 8.21. The first-order valence-corrected chi connectivity index (χ1v) is 8.21. The minimum atomic E-state index is -1.16. The molecular formula is C17H23N3O5. The number of carbonyl (C=O) groups is 3. The molecule has 2 atom stereocenters. The van der Waals surface area contributed by atoms with Gasteiger partial charge in [-0.2, -0.15) is 0 Å². The summed E-state index contributed by atoms with van der Waals surface area (Å²) in [4.78, 5) is 37.3. The monoisotopic (exact) mass is 349 g/mol. The summed E-state index contributed by atoms with van der Waals surface area (Å²) in [7, 11) is 0. The second kappa shape index (κ2) is 8.48. The predicted octanol–water partition coefficient (Wildman–Crippen LogP) is -0.156. The third-order valence-corrected chi connectivity index (χ3v) is 4.14. The normalized spacial score (nSPS) is 16.3. The van der Waals surface area contributed by atoms with Crippen molar-refractivity contribution in [2.45, 2.75) is 37.8 Å². The molecule has 5 N–H and O–H groups in total. The van der Waals surface area contributed by atoms with E-state index in [2.05, 4.69) is 5.32 Å². The first kappa shape index (κ1) is 18.7. The maximum atomic E-state index is 12.4. The number of carboxylic acid groups (broad SMARTS) is 1. The molecule has 1 saturated heterocycles. The molecule has 0 saturated carbocycles. The van der Waals surface area contributed by atoms with Crippen LogP contribution in [0.2, 0.25) is 0 Å². The van der Waals surface area contributed by atoms with E-state index in [0.29, 0.717) is 13.1 Å². The van der Waals surface area contributed by atoms with Crippen LogP contribution in [0.4, 0.5) is 0 Å². The van der Waals surface area contributed by atoms with Crippen LogP contribution in [0.3, 0.4) is 0 Å². The highest BCUT2D eigenvalue weighted by Crippen LogP contribution is 2.12. The number of nitrogens with two attached hydrogens (primary N) is 1. The van der Waals surface area contributed by atoms with E-state index in [0.717, 1.165) is 18.4 Å². The average molecular weight is 349 g/mol. The summed E-state index contributed by atoms with van der Waals surface area (Å²) in [5, 5.41) is 20.7. The zero-order valence-corrected chi connectivity index (χ0v) is 13.9. The molecule has 0 bridgehead atoms. The molecule has 2 amide bonds. The highest BCUT2D eigenvalue weighted by molar-refractivity contribution is 5.92. The first-order chi connectivity index (χ1) is 11.9. The Morgan fingerprint density at radius 2 is 1.76 bits per heavy atom. The summed E-state index contributed by atoms with van der Waals surface area (Å²) in [5.74, 6) is -2.01. The van der Waals surface area contributed by atoms with Crippen LogP contribution in [-0.4, -0.2) is 58.1 Å². The number of carbonyl (C=O) groups excluding carboxylic acids is 2. The van der Waals surface area contributed by atoms with Gasteiger partial charge in [-0.25, -0.2) is 0 Å². The van der Waals surface area contributed by atoms with Crippen LogP contribution in [0.25, 0.3) is 0 Å². The van der Waals surface area contributed by atoms with Gasteiger partial charge in [0.25, 0.3) is 0 Å². The van der Waals surface area contributed by atoms with Gasteiger partial charge < -0.3 is 26.2 Å². The van der Waals surface area contributed by atoms with Gasteiger partial charge >= 0.3 is 5.97 Å². The SMILES string of the molecule is N[C@@H](Cc1ccc(O)cc1)C(=O)N[C@@H](CC(=O)O)C(=O)N1CCCC1. The minimum absolute atomic E-state index is 0.111. The van der Waals surface area contributed by atoms with Crippen molar-refractivity contribution >= 4 is 17.8 Å². The maximum Gasteiger partial charge on any atom is 0.305 e. The number of aliphatic carboxylic acids is 1. The van der Waals surface area contributed by atoms with Crippen molar-refractivity contribution in [3.05, 3.63) is 29.8 Å². The van der Waals surface area contributed by atoms with Gasteiger partial charge in [0.15, 0.2) is 0 Å². The van der Waals surface area contributed by atoms with Crippen LogP contribution in [0.5, 0.6) is 5.75 Å². The summed E-state index contributed by atoms with van der Waals surface area (Å²) < 4.78 is 0. The molecule has 8 heteroatoms. The van der Waals surface area contributed by atoms with Crippen molar-refractivity contribution in [3.8, 4) is 5.75 Å². The van der Waals surface area contributed by atoms with Gasteiger partial charge in [0.1, 0.15) is 11.8 Å². The number of benzene rings is 1. The van der Waals surface area contributed by atoms with Crippen LogP contribution in [0.15, 0.2) is 24.3 Å². The number of hydrogen-bond acceptors (Lipinski definition) is 5. The van der Waals surface area contributed by atoms with Crippen molar-refractivity contribution in [3.63, 3.8) is 0 Å². The van der Waals surface area contributed by atoms with E-state index in [1.54, 1.807) is 17.0 Å². The second-order valence-electron chi connectivity index (χ2n) is 6.17. The second-order valence-corrected chi connectivity index (χ2v) is 6.17. The highest BCUT2D eigenvalue weighted by Gasteiger charge is 2.30. The number of hydrogen-bond donors (Lipinski definition) is 4. The van der Waals surface area contributed by atoms with Gasteiger partial charge in [-0.1, -0.05) is 12.1 Å². The van der Waals surface area contributed by atoms with E-state index in [-0.39, 0.29) is 18.1 Å². The lowest BCUT2D eigenvalue weighted by molar-refractivity contribution is -0.143. The lowest BCUT2D eigenvalue weighted by atomic mass is 10.0. The molecule has 0 aliphatic carbocycles. The Hall–Kier alpha value is -2.61. The van der Waals surface area contributed by atoms with Crippen LogP contribution in [-0.2, 0) is 20.8 Å². The van der Waals surface area contributed by atoms with Crippen LogP contribution < -0.4 is 11.1 Å². The van der Waals surface area contributed by atoms with E-state index in [4.69, 9.17) is 10.8 Å². The van der Waals surface area contributed by atoms with Gasteiger partial charge in [0.2, 0.25) is 11.8 Å². The number of aromatic hydroxyl groups is 1. The fourth-order valence-electron chi connectivity index (χ4n) is 2.79. The zero-order chi connectivity index (χ0) is 18.4. The third-order valence-electron chi connectivity index (χ3n) is 4.14. The largest absolute Gasteiger partial charge is 0.508 e. The molecule has 1 aromatic carbocycles. The number of phenols is 1. The number of nitrogens with one attached hydrogen (secondary N) is 1. The Morgan fingerprint density at radius 1 is 1.16 bits per heavy atom. The van der Waals surface area contributed by atoms with Crippen molar-refractivity contribution < 1.29 is 24.6 Å². The Balaban J connectivity index is 1.98. The summed E-state index contributed by atoms with van der Waals surface area (Å²) >= 11 is 0. The van der Waals surface area contributed by atoms with Crippen molar-refractivity contribution in [1.82, 2.24) is 10.2 Å². The van der Waals surface area contributed by atoms with Crippen molar-refractivity contribution in [1.29, 1.82) is 0 Å². The summed E-state index contributed by atoms with van der Waals surface area (Å²) in [6.07, 6.45) is 1.48. The topological polar surface area (TPSA) is 133 Å². The number of phenolic OH excluding ortho intramolecular Hbond substituents is 1. The number of amides is 2. The molecule has 25 heavy (non-hydrogen) atoms. The lowest BCUT2D eigenvalue weighted by Crippen LogP contribution is -2.53. The van der Waals surface area contributed by atoms with Gasteiger partial charge in [0, 0.05) is 13.1 Å². The van der Waals surface area contributed by atoms with E-state index in [1.165, 1.54) is 12.1 Å². The number of carboxylic acids is 1. The molecule has 1 aliphatic rings. The molecule has 1 aromatic rings. The van der Waals surface area contributed by atoms with E-state index >= 15 is 0 Å². The van der Waals surface area contributed by atoms with E-state index in [1.807, 2.05) is 0 Å². The quantitative estimate of drug-likeness (QED) is 0.541. The third kappa shape index (κ3) is 5.46. The zero-order valence-electron chi connectivity index (χ0n) is 13.9. The van der Waals surface area contributed by atoms with Crippen molar-refractivity contribution in [2.75, 3.05) is 13.1 Å². The summed E-state index contributed by atoms with van der Waals surface area (Å²) in [6.45, 7) is 1.15. The predicted molar refractivity (Wildman–Crippen MR) is 89.8 cm³/mol. The van der Waals surface area contributed by atoms with Crippen molar-refractivity contribution in [2.24, 2.45) is 5.73 Å². The fraction of sp³-hybridized carbons (Fsp3) is 0.471. The minimum Gasteiger partial charge on any atom is -0.508 e. The van der Waals surface area contributed by atoms with E-state index < -0.39 is 30.4 Å². The number of likely N-dealkylation sites (tertiary alicyclic amines) is 1. The number of rotatable bonds is 7. The molecule has 1 heterocycles. The van der Waals surface area contributed by atoms with Crippen LogP contribution in [0.1, 0.15) is 24.8 Å². The molecule has 2 rings (SSSR count). The van der Waals surface area contributed by atoms with Gasteiger partial charge in [-0.05, 0) is 37.0 Å². The summed E-state index contributed by atoms with van der Waals surface area (Å²) in [5.41, 5.74) is 6.62. The van der Waals surface area contributed by atoms with Crippen LogP contribution >= 0.6 is 0 Å². The van der Waals surface area contributed by atoms with E-state index in [9.17, 15) is 19.5 Å². The van der Waals surface area contributed by atoms with Gasteiger partial charge in [-0.15, -0.1) is 0 Å². The number of nitrogens with zero attached hydrogens (tertiary/aromatic N) is 1. The molecule has 0 aromatic heterocycles. The highest BCUT2D eigenvalue weighted by atomic mass is 16.4. The Bertz CT molecular complexity index is 626. The maximum absolute atomic E-state index is 12.4. The molecule has 0 unspecified atom stereocenters. The lowest BCUT2D eigenvalue weighted by Gasteiger charge is -2.24. The molecular weight excluding hydrogens is 326 g/mol. The molecule has 0 spiro atoms. The molecule has 136 valence electrons. The Labute approximate surface area is 145 Å². The van der Waals surface area contributed by atoms with Crippen LogP contribution in [0, 0.1) is 0 Å². The molecule has 8 nitrogen and oxygen atoms in total. The Morgan fingerprint density at radius 3 is 2.32 bits per heavy atom.